The van der Waals surface area contributed by atoms with Crippen molar-refractivity contribution in [2.75, 3.05) is 13.2 Å². The first-order chi connectivity index (χ1) is 11.6. The van der Waals surface area contributed by atoms with Crippen molar-refractivity contribution in [1.82, 2.24) is 0 Å². The Labute approximate surface area is 147 Å². The summed E-state index contributed by atoms with van der Waals surface area (Å²) in [5, 5.41) is 0. The fourth-order valence-corrected chi connectivity index (χ4v) is 4.37. The van der Waals surface area contributed by atoms with Gasteiger partial charge in [0.1, 0.15) is 6.61 Å². The van der Waals surface area contributed by atoms with E-state index in [0.29, 0.717) is 23.9 Å². The topological polar surface area (TPSA) is 9.23 Å². The normalized spacial score (nSPS) is 24.4. The first kappa shape index (κ1) is 21.3. The average Bonchev–Trinajstić information content (AvgIpc) is 2.53. The molecule has 1 nitrogen and oxygen atoms in total. The van der Waals surface area contributed by atoms with E-state index in [4.69, 9.17) is 4.74 Å². The number of hydrogen-bond donors (Lipinski definition) is 0. The number of rotatable bonds is 11. The molecular formula is C21H36F2O. The molecule has 24 heavy (non-hydrogen) atoms. The molecule has 0 radical (unpaired) electrons. The molecule has 0 N–H and O–H groups in total. The van der Waals surface area contributed by atoms with E-state index in [2.05, 4.69) is 38.2 Å². The molecule has 2 atom stereocenters. The largest absolute Gasteiger partial charge is 0.375 e. The minimum Gasteiger partial charge on any atom is -0.375 e. The lowest BCUT2D eigenvalue weighted by atomic mass is 9.62. The Hall–Kier alpha value is -0.700. The molecule has 0 amide bonds. The van der Waals surface area contributed by atoms with E-state index in [9.17, 15) is 8.78 Å². The van der Waals surface area contributed by atoms with Gasteiger partial charge in [0, 0.05) is 0 Å². The summed E-state index contributed by atoms with van der Waals surface area (Å²) in [7, 11) is 0. The third-order valence-electron chi connectivity index (χ3n) is 5.34. The first-order valence-electron chi connectivity index (χ1n) is 9.70. The molecule has 2 unspecified atom stereocenters. The van der Waals surface area contributed by atoms with Crippen LogP contribution >= 0.6 is 0 Å². The smallest absolute Gasteiger partial charge is 0.261 e. The fraction of sp³-hybridized carbons (Fsp3) is 0.810. The number of alkyl halides is 2. The van der Waals surface area contributed by atoms with Gasteiger partial charge in [-0.05, 0) is 62.7 Å². The molecule has 1 fully saturated rings. The second-order valence-electron chi connectivity index (χ2n) is 7.33. The predicted molar refractivity (Wildman–Crippen MR) is 98.5 cm³/mol. The number of ether oxygens (including phenoxy) is 1. The number of allylic oxidation sites excluding steroid dienone is 4. The van der Waals surface area contributed by atoms with Crippen molar-refractivity contribution in [3.05, 3.63) is 24.3 Å². The molecule has 0 bridgehead atoms. The van der Waals surface area contributed by atoms with Crippen LogP contribution in [0.5, 0.6) is 0 Å². The van der Waals surface area contributed by atoms with Crippen LogP contribution in [-0.4, -0.2) is 19.6 Å². The highest BCUT2D eigenvalue weighted by Crippen LogP contribution is 2.48. The van der Waals surface area contributed by atoms with Gasteiger partial charge in [-0.2, -0.15) is 0 Å². The van der Waals surface area contributed by atoms with Crippen LogP contribution in [0.4, 0.5) is 8.78 Å². The monoisotopic (exact) mass is 342 g/mol. The lowest BCUT2D eigenvalue weighted by molar-refractivity contribution is -0.0250. The van der Waals surface area contributed by atoms with E-state index in [1.54, 1.807) is 0 Å². The zero-order valence-electron chi connectivity index (χ0n) is 15.8. The molecule has 140 valence electrons. The molecule has 1 rings (SSSR count). The number of hydrogen-bond acceptors (Lipinski definition) is 1. The Morgan fingerprint density at radius 2 is 1.88 bits per heavy atom. The Bertz CT molecular complexity index is 370. The van der Waals surface area contributed by atoms with Crippen LogP contribution < -0.4 is 0 Å². The van der Waals surface area contributed by atoms with Gasteiger partial charge in [0.2, 0.25) is 0 Å². The highest BCUT2D eigenvalue weighted by molar-refractivity contribution is 5.01. The fourth-order valence-electron chi connectivity index (χ4n) is 4.37. The van der Waals surface area contributed by atoms with Gasteiger partial charge in [0.05, 0.1) is 6.61 Å². The third-order valence-corrected chi connectivity index (χ3v) is 5.34. The van der Waals surface area contributed by atoms with Crippen LogP contribution in [0.1, 0.15) is 72.1 Å². The summed E-state index contributed by atoms with van der Waals surface area (Å²) in [5.74, 6) is 0.840. The maximum atomic E-state index is 12.4. The Morgan fingerprint density at radius 3 is 2.46 bits per heavy atom. The average molecular weight is 343 g/mol. The van der Waals surface area contributed by atoms with Crippen molar-refractivity contribution in [2.24, 2.45) is 17.3 Å². The van der Waals surface area contributed by atoms with Crippen molar-refractivity contribution in [1.29, 1.82) is 0 Å². The van der Waals surface area contributed by atoms with Crippen molar-refractivity contribution < 1.29 is 13.5 Å². The van der Waals surface area contributed by atoms with E-state index >= 15 is 0 Å². The maximum absolute atomic E-state index is 12.4. The quantitative estimate of drug-likeness (QED) is 0.375. The van der Waals surface area contributed by atoms with Gasteiger partial charge in [0.15, 0.2) is 0 Å². The summed E-state index contributed by atoms with van der Waals surface area (Å²) in [4.78, 5) is 0. The summed E-state index contributed by atoms with van der Waals surface area (Å²) in [6.07, 6.45) is 15.8. The summed E-state index contributed by atoms with van der Waals surface area (Å²) < 4.78 is 30.2. The zero-order chi connectivity index (χ0) is 17.8. The lowest BCUT2D eigenvalue weighted by Crippen LogP contribution is -2.35. The zero-order valence-corrected chi connectivity index (χ0v) is 15.8. The second kappa shape index (κ2) is 11.8. The van der Waals surface area contributed by atoms with Gasteiger partial charge < -0.3 is 4.74 Å². The van der Waals surface area contributed by atoms with Gasteiger partial charge in [0.25, 0.3) is 6.43 Å². The molecule has 0 heterocycles. The molecule has 3 heteroatoms. The Kier molecular flexibility index (Phi) is 10.5. The SMILES string of the molecule is C/C=C\C/C=C\C1CCC(CCC)(CCC)CC1COCC(F)F. The molecule has 1 saturated carbocycles. The first-order valence-corrected chi connectivity index (χ1v) is 9.70. The molecule has 0 aliphatic heterocycles. The molecule has 1 aliphatic rings. The van der Waals surface area contributed by atoms with Crippen molar-refractivity contribution in [3.8, 4) is 0 Å². The third kappa shape index (κ3) is 7.46. The van der Waals surface area contributed by atoms with Gasteiger partial charge in [-0.3, -0.25) is 0 Å². The van der Waals surface area contributed by atoms with Crippen LogP contribution in [0.15, 0.2) is 24.3 Å². The summed E-state index contributed by atoms with van der Waals surface area (Å²) in [6, 6.07) is 0. The van der Waals surface area contributed by atoms with Crippen LogP contribution in [0.2, 0.25) is 0 Å². The minimum atomic E-state index is -2.37. The lowest BCUT2D eigenvalue weighted by Gasteiger charge is -2.44. The molecule has 0 aromatic rings. The van der Waals surface area contributed by atoms with Crippen molar-refractivity contribution >= 4 is 0 Å². The molecule has 0 saturated heterocycles. The molecule has 0 spiro atoms. The van der Waals surface area contributed by atoms with Gasteiger partial charge in [-0.15, -0.1) is 0 Å². The minimum absolute atomic E-state index is 0.373. The maximum Gasteiger partial charge on any atom is 0.261 e. The molecule has 0 aromatic heterocycles. The van der Waals surface area contributed by atoms with Gasteiger partial charge in [-0.1, -0.05) is 51.0 Å². The molecule has 1 aliphatic carbocycles. The van der Waals surface area contributed by atoms with E-state index in [0.717, 1.165) is 19.3 Å². The van der Waals surface area contributed by atoms with Crippen molar-refractivity contribution in [3.63, 3.8) is 0 Å². The second-order valence-corrected chi connectivity index (χ2v) is 7.33. The number of halogens is 2. The summed E-state index contributed by atoms with van der Waals surface area (Å²) in [5.41, 5.74) is 0.399. The van der Waals surface area contributed by atoms with Gasteiger partial charge in [-0.25, -0.2) is 8.78 Å². The van der Waals surface area contributed by atoms with Gasteiger partial charge >= 0.3 is 0 Å². The summed E-state index contributed by atoms with van der Waals surface area (Å²) >= 11 is 0. The predicted octanol–water partition coefficient (Wildman–Crippen LogP) is 6.79. The Balaban J connectivity index is 2.74. The standard InChI is InChI=1S/C21H36F2O/c1-4-7-8-9-10-18-11-14-21(12-5-2,13-6-3)15-19(18)16-24-17-20(22)23/h4,7,9-10,18-20H,5-6,8,11-17H2,1-3H3/b7-4-,10-9-. The van der Waals surface area contributed by atoms with E-state index in [-0.39, 0.29) is 0 Å². The Morgan fingerprint density at radius 1 is 1.17 bits per heavy atom. The van der Waals surface area contributed by atoms with E-state index in [1.165, 1.54) is 32.1 Å². The highest BCUT2D eigenvalue weighted by Gasteiger charge is 2.38. The van der Waals surface area contributed by atoms with Crippen molar-refractivity contribution in [2.45, 2.75) is 78.6 Å². The summed E-state index contributed by atoms with van der Waals surface area (Å²) in [6.45, 7) is 6.57. The van der Waals surface area contributed by atoms with Crippen LogP contribution in [-0.2, 0) is 4.74 Å². The van der Waals surface area contributed by atoms with Crippen LogP contribution in [0.3, 0.4) is 0 Å². The highest BCUT2D eigenvalue weighted by atomic mass is 19.3. The molecule has 0 aromatic carbocycles. The van der Waals surface area contributed by atoms with E-state index in [1.807, 2.05) is 6.92 Å². The van der Waals surface area contributed by atoms with Crippen LogP contribution in [0, 0.1) is 17.3 Å². The molecular weight excluding hydrogens is 306 g/mol. The van der Waals surface area contributed by atoms with E-state index < -0.39 is 13.0 Å². The van der Waals surface area contributed by atoms with Crippen LogP contribution in [0.25, 0.3) is 0 Å².